The van der Waals surface area contributed by atoms with Gasteiger partial charge in [-0.05, 0) is 12.8 Å². The van der Waals surface area contributed by atoms with Crippen LogP contribution in [0.2, 0.25) is 0 Å². The number of rotatable bonds is 4. The van der Waals surface area contributed by atoms with Gasteiger partial charge < -0.3 is 0 Å². The first-order valence-electron chi connectivity index (χ1n) is 3.30. The Labute approximate surface area is 102 Å². The van der Waals surface area contributed by atoms with Gasteiger partial charge in [0, 0.05) is 11.8 Å². The van der Waals surface area contributed by atoms with Gasteiger partial charge in [-0.3, -0.25) is 0 Å². The molecule has 1 unspecified atom stereocenters. The van der Waals surface area contributed by atoms with Crippen molar-refractivity contribution in [1.82, 2.24) is 0 Å². The molecule has 0 radical (unpaired) electrons. The van der Waals surface area contributed by atoms with Crippen LogP contribution in [0.25, 0.3) is 0 Å². The van der Waals surface area contributed by atoms with E-state index in [2.05, 4.69) is 0 Å². The van der Waals surface area contributed by atoms with Crippen LogP contribution in [0, 0.1) is 5.92 Å². The zero-order chi connectivity index (χ0) is 9.78. The molecule has 12 heavy (non-hydrogen) atoms. The minimum absolute atomic E-state index is 0.371. The second kappa shape index (κ2) is 6.27. The van der Waals surface area contributed by atoms with E-state index in [1.165, 1.54) is 0 Å². The summed E-state index contributed by atoms with van der Waals surface area (Å²) in [5.74, 6) is 0.141. The number of hydrogen-bond donors (Lipinski definition) is 0. The van der Waals surface area contributed by atoms with Crippen LogP contribution >= 0.6 is 69.6 Å². The molecule has 0 rings (SSSR count). The molecule has 1 atom stereocenters. The maximum Gasteiger partial charge on any atom is 0.195 e. The van der Waals surface area contributed by atoms with E-state index < -0.39 is 8.63 Å². The summed E-state index contributed by atoms with van der Waals surface area (Å²) in [5.41, 5.74) is 0. The molecule has 0 aromatic carbocycles. The van der Waals surface area contributed by atoms with Crippen molar-refractivity contribution < 1.29 is 0 Å². The third-order valence-electron chi connectivity index (χ3n) is 1.37. The van der Waals surface area contributed by atoms with Gasteiger partial charge in [-0.1, -0.05) is 34.8 Å². The fourth-order valence-electron chi connectivity index (χ4n) is 0.730. The van der Waals surface area contributed by atoms with Crippen LogP contribution in [0.5, 0.6) is 0 Å². The lowest BCUT2D eigenvalue weighted by molar-refractivity contribution is 0.521. The molecule has 0 spiro atoms. The van der Waals surface area contributed by atoms with Crippen molar-refractivity contribution in [3.05, 3.63) is 0 Å². The third kappa shape index (κ3) is 5.47. The van der Waals surface area contributed by atoms with Crippen LogP contribution in [0.15, 0.2) is 0 Å². The Morgan fingerprint density at radius 1 is 1.08 bits per heavy atom. The highest BCUT2D eigenvalue weighted by atomic mass is 35.6. The number of hydrogen-bond acceptors (Lipinski definition) is 0. The molecule has 0 aliphatic rings. The molecule has 0 bridgehead atoms. The maximum absolute atomic E-state index is 5.65. The first-order chi connectivity index (χ1) is 5.39. The second-order valence-corrected chi connectivity index (χ2v) is 6.22. The largest absolute Gasteiger partial charge is 0.195 e. The van der Waals surface area contributed by atoms with E-state index in [1.807, 2.05) is 0 Å². The summed E-state index contributed by atoms with van der Waals surface area (Å²) in [5, 5.41) is 0. The lowest BCUT2D eigenvalue weighted by atomic mass is 10.1. The van der Waals surface area contributed by atoms with Crippen molar-refractivity contribution in [1.29, 1.82) is 0 Å². The summed E-state index contributed by atoms with van der Waals surface area (Å²) in [6.07, 6.45) is 1.34. The molecule has 0 aliphatic carbocycles. The van der Waals surface area contributed by atoms with Crippen molar-refractivity contribution >= 4 is 69.6 Å². The zero-order valence-electron chi connectivity index (χ0n) is 6.04. The van der Waals surface area contributed by atoms with Crippen LogP contribution in [0.1, 0.15) is 12.8 Å². The van der Waals surface area contributed by atoms with Crippen molar-refractivity contribution in [3.8, 4) is 0 Å². The van der Waals surface area contributed by atoms with Crippen LogP contribution in [-0.2, 0) is 0 Å². The van der Waals surface area contributed by atoms with Gasteiger partial charge in [-0.25, -0.2) is 0 Å². The molecule has 0 aromatic heterocycles. The number of halogens is 6. The molecule has 0 nitrogen and oxygen atoms in total. The first-order valence-corrected chi connectivity index (χ1v) is 5.84. The molecule has 74 valence electrons. The smallest absolute Gasteiger partial charge is 0.127 e. The molecule has 0 amide bonds. The fourth-order valence-corrected chi connectivity index (χ4v) is 2.61. The molecular weight excluding hydrogens is 285 g/mol. The topological polar surface area (TPSA) is 0 Å². The Hall–Kier alpha value is 1.74. The molecular formula is C6H8Cl6. The minimum Gasteiger partial charge on any atom is -0.127 e. The Morgan fingerprint density at radius 2 is 1.58 bits per heavy atom. The van der Waals surface area contributed by atoms with Crippen molar-refractivity contribution in [2.45, 2.75) is 21.5 Å². The van der Waals surface area contributed by atoms with E-state index >= 15 is 0 Å². The first kappa shape index (κ1) is 13.7. The molecule has 0 heterocycles. The Bertz CT molecular complexity index is 118. The minimum atomic E-state index is -1.42. The molecule has 0 N–H and O–H groups in total. The third-order valence-corrected chi connectivity index (χ3v) is 3.09. The summed E-state index contributed by atoms with van der Waals surface area (Å²) < 4.78 is -1.42. The van der Waals surface area contributed by atoms with Crippen LogP contribution < -0.4 is 0 Å². The summed E-state index contributed by atoms with van der Waals surface area (Å²) in [4.78, 5) is -0.680. The maximum atomic E-state index is 5.65. The average molecular weight is 293 g/mol. The molecule has 0 fully saturated rings. The van der Waals surface area contributed by atoms with E-state index in [-0.39, 0.29) is 5.92 Å². The Morgan fingerprint density at radius 3 is 1.83 bits per heavy atom. The van der Waals surface area contributed by atoms with Crippen LogP contribution in [0.3, 0.4) is 0 Å². The zero-order valence-corrected chi connectivity index (χ0v) is 10.6. The summed E-state index contributed by atoms with van der Waals surface area (Å²) >= 11 is 33.7. The normalized spacial score (nSPS) is 15.2. The van der Waals surface area contributed by atoms with Crippen LogP contribution in [-0.4, -0.2) is 14.5 Å². The molecule has 0 aromatic rings. The quantitative estimate of drug-likeness (QED) is 0.653. The highest BCUT2D eigenvalue weighted by molar-refractivity contribution is 6.68. The lowest BCUT2D eigenvalue weighted by Gasteiger charge is -2.24. The van der Waals surface area contributed by atoms with Gasteiger partial charge in [0.05, 0.1) is 0 Å². The van der Waals surface area contributed by atoms with E-state index in [0.29, 0.717) is 12.3 Å². The van der Waals surface area contributed by atoms with Crippen molar-refractivity contribution in [3.63, 3.8) is 0 Å². The Kier molecular flexibility index (Phi) is 7.17. The fraction of sp³-hybridized carbons (Fsp3) is 1.00. The van der Waals surface area contributed by atoms with Crippen molar-refractivity contribution in [2.24, 2.45) is 5.92 Å². The molecule has 0 saturated carbocycles. The molecule has 6 heteroatoms. The average Bonchev–Trinajstić information content (AvgIpc) is 1.84. The second-order valence-electron chi connectivity index (χ2n) is 2.31. The molecule has 0 aliphatic heterocycles. The molecule has 0 saturated heterocycles. The standard InChI is InChI=1S/C6H8Cl6/c7-3-1-2-4(5(8)9)6(10,11)12/h4-5H,1-3H2. The monoisotopic (exact) mass is 290 g/mol. The van der Waals surface area contributed by atoms with E-state index in [9.17, 15) is 0 Å². The van der Waals surface area contributed by atoms with Gasteiger partial charge in [0.25, 0.3) is 0 Å². The van der Waals surface area contributed by atoms with E-state index in [1.54, 1.807) is 0 Å². The predicted molar refractivity (Wildman–Crippen MR) is 59.2 cm³/mol. The summed E-state index contributed by atoms with van der Waals surface area (Å²) in [6.45, 7) is 0. The van der Waals surface area contributed by atoms with Gasteiger partial charge in [0.2, 0.25) is 0 Å². The highest BCUT2D eigenvalue weighted by Crippen LogP contribution is 2.42. The summed E-state index contributed by atoms with van der Waals surface area (Å²) in [6, 6.07) is 0. The van der Waals surface area contributed by atoms with Gasteiger partial charge >= 0.3 is 0 Å². The number of alkyl halides is 6. The predicted octanol–water partition coefficient (Wildman–Crippen LogP) is 4.80. The van der Waals surface area contributed by atoms with Gasteiger partial charge in [0.1, 0.15) is 4.84 Å². The summed E-state index contributed by atoms with van der Waals surface area (Å²) in [7, 11) is 0. The van der Waals surface area contributed by atoms with Gasteiger partial charge in [0.15, 0.2) is 3.79 Å². The highest BCUT2D eigenvalue weighted by Gasteiger charge is 2.36. The van der Waals surface area contributed by atoms with Gasteiger partial charge in [-0.2, -0.15) is 0 Å². The Balaban J connectivity index is 4.05. The van der Waals surface area contributed by atoms with E-state index in [0.717, 1.165) is 6.42 Å². The van der Waals surface area contributed by atoms with Gasteiger partial charge in [-0.15, -0.1) is 34.8 Å². The van der Waals surface area contributed by atoms with Crippen LogP contribution in [0.4, 0.5) is 0 Å². The van der Waals surface area contributed by atoms with Crippen molar-refractivity contribution in [2.75, 3.05) is 5.88 Å². The lowest BCUT2D eigenvalue weighted by Crippen LogP contribution is -2.25. The van der Waals surface area contributed by atoms with E-state index in [4.69, 9.17) is 69.6 Å². The SMILES string of the molecule is ClCCCC(C(Cl)Cl)C(Cl)(Cl)Cl.